The second kappa shape index (κ2) is 10.1. The molecule has 0 spiro atoms. The molecule has 2 aliphatic heterocycles. The van der Waals surface area contributed by atoms with Gasteiger partial charge in [0.25, 0.3) is 0 Å². The summed E-state index contributed by atoms with van der Waals surface area (Å²) in [6.45, 7) is 4.35. The number of aromatic nitrogens is 2. The Balaban J connectivity index is 1.20. The molecule has 1 atom stereocenters. The minimum absolute atomic E-state index is 0.0278. The number of piperidine rings is 1. The van der Waals surface area contributed by atoms with Crippen LogP contribution in [0.25, 0.3) is 0 Å². The van der Waals surface area contributed by atoms with Gasteiger partial charge >= 0.3 is 0 Å². The van der Waals surface area contributed by atoms with Crippen molar-refractivity contribution < 1.29 is 9.59 Å². The molecule has 3 heterocycles. The molecule has 8 nitrogen and oxygen atoms in total. The van der Waals surface area contributed by atoms with Gasteiger partial charge in [-0.1, -0.05) is 18.2 Å². The Morgan fingerprint density at radius 3 is 2.40 bits per heavy atom. The smallest absolute Gasteiger partial charge is 0.229 e. The van der Waals surface area contributed by atoms with E-state index in [0.717, 1.165) is 41.9 Å². The van der Waals surface area contributed by atoms with Crippen LogP contribution in [0.15, 0.2) is 60.7 Å². The van der Waals surface area contributed by atoms with Gasteiger partial charge in [-0.05, 0) is 62.6 Å². The molecule has 0 bridgehead atoms. The molecule has 0 radical (unpaired) electrons. The second-order valence-corrected chi connectivity index (χ2v) is 9.17. The van der Waals surface area contributed by atoms with E-state index in [1.807, 2.05) is 67.6 Å². The molecule has 2 aromatic carbocycles. The van der Waals surface area contributed by atoms with Crippen LogP contribution in [-0.2, 0) is 9.59 Å². The lowest BCUT2D eigenvalue weighted by Crippen LogP contribution is -2.31. The van der Waals surface area contributed by atoms with Crippen LogP contribution in [0, 0.1) is 12.8 Å². The first kappa shape index (κ1) is 22.8. The molecule has 0 saturated carbocycles. The Labute approximate surface area is 205 Å². The number of nitrogens with zero attached hydrogens (tertiary/aromatic N) is 4. The van der Waals surface area contributed by atoms with Crippen molar-refractivity contribution in [3.05, 3.63) is 66.4 Å². The van der Waals surface area contributed by atoms with Gasteiger partial charge in [-0.3, -0.25) is 9.59 Å². The molecule has 35 heavy (non-hydrogen) atoms. The molecule has 180 valence electrons. The number of carbonyl (C=O) groups is 2. The molecule has 1 unspecified atom stereocenters. The van der Waals surface area contributed by atoms with Gasteiger partial charge in [0.2, 0.25) is 17.8 Å². The molecule has 3 aromatic rings. The molecule has 1 aromatic heterocycles. The second-order valence-electron chi connectivity index (χ2n) is 9.17. The van der Waals surface area contributed by atoms with Gasteiger partial charge in [0.1, 0.15) is 5.82 Å². The fraction of sp³-hybridized carbons (Fsp3) is 0.333. The number of anilines is 5. The van der Waals surface area contributed by atoms with Crippen LogP contribution in [0.5, 0.6) is 0 Å². The number of amides is 2. The number of para-hydroxylation sites is 1. The number of aryl methyl sites for hydroxylation is 1. The number of carbonyl (C=O) groups excluding carboxylic acids is 2. The number of rotatable bonds is 6. The van der Waals surface area contributed by atoms with Gasteiger partial charge in [-0.25, -0.2) is 4.98 Å². The standard InChI is InChI=1S/C27H30N6O2/c1-19-16-24(31-27(28-19)32-14-6-3-7-15-32)29-21-10-12-22(13-11-21)30-26(35)20-17-25(34)33(18-20)23-8-4-2-5-9-23/h2,4-5,8-13,16,20H,3,6-7,14-15,17-18H2,1H3,(H,30,35)(H,28,29,31). The molecule has 0 aliphatic carbocycles. The normalized spacial score (nSPS) is 18.0. The maximum atomic E-state index is 12.8. The number of hydrogen-bond donors (Lipinski definition) is 2. The highest BCUT2D eigenvalue weighted by Crippen LogP contribution is 2.27. The van der Waals surface area contributed by atoms with Gasteiger partial charge < -0.3 is 20.4 Å². The van der Waals surface area contributed by atoms with Crippen molar-refractivity contribution in [2.75, 3.05) is 40.1 Å². The first-order chi connectivity index (χ1) is 17.0. The van der Waals surface area contributed by atoms with Crippen molar-refractivity contribution >= 4 is 40.6 Å². The molecular formula is C27H30N6O2. The zero-order valence-electron chi connectivity index (χ0n) is 19.9. The van der Waals surface area contributed by atoms with E-state index in [2.05, 4.69) is 20.5 Å². The van der Waals surface area contributed by atoms with Crippen molar-refractivity contribution in [3.8, 4) is 0 Å². The zero-order valence-corrected chi connectivity index (χ0v) is 19.9. The van der Waals surface area contributed by atoms with Crippen molar-refractivity contribution in [1.82, 2.24) is 9.97 Å². The largest absolute Gasteiger partial charge is 0.341 e. The lowest BCUT2D eigenvalue weighted by molar-refractivity contribution is -0.122. The first-order valence-corrected chi connectivity index (χ1v) is 12.2. The van der Waals surface area contributed by atoms with Crippen LogP contribution < -0.4 is 20.4 Å². The van der Waals surface area contributed by atoms with E-state index in [9.17, 15) is 9.59 Å². The highest BCUT2D eigenvalue weighted by molar-refractivity contribution is 6.03. The maximum Gasteiger partial charge on any atom is 0.229 e. The van der Waals surface area contributed by atoms with Crippen LogP contribution in [-0.4, -0.2) is 41.4 Å². The number of hydrogen-bond acceptors (Lipinski definition) is 6. The number of nitrogens with one attached hydrogen (secondary N) is 2. The van der Waals surface area contributed by atoms with Gasteiger partial charge in [-0.15, -0.1) is 0 Å². The van der Waals surface area contributed by atoms with Crippen molar-refractivity contribution in [2.24, 2.45) is 5.92 Å². The molecule has 2 aliphatic rings. The van der Waals surface area contributed by atoms with Crippen molar-refractivity contribution in [3.63, 3.8) is 0 Å². The average molecular weight is 471 g/mol. The first-order valence-electron chi connectivity index (χ1n) is 12.2. The average Bonchev–Trinajstić information content (AvgIpc) is 3.28. The van der Waals surface area contributed by atoms with Crippen LogP contribution in [0.3, 0.4) is 0 Å². The minimum atomic E-state index is -0.377. The summed E-state index contributed by atoms with van der Waals surface area (Å²) in [7, 11) is 0. The maximum absolute atomic E-state index is 12.8. The zero-order chi connectivity index (χ0) is 24.2. The Bertz CT molecular complexity index is 1190. The van der Waals surface area contributed by atoms with Crippen LogP contribution in [0.4, 0.5) is 28.8 Å². The Hall–Kier alpha value is -3.94. The monoisotopic (exact) mass is 470 g/mol. The summed E-state index contributed by atoms with van der Waals surface area (Å²) < 4.78 is 0. The quantitative estimate of drug-likeness (QED) is 0.551. The van der Waals surface area contributed by atoms with Crippen LogP contribution >= 0.6 is 0 Å². The third-order valence-corrected chi connectivity index (χ3v) is 6.47. The minimum Gasteiger partial charge on any atom is -0.341 e. The predicted molar refractivity (Wildman–Crippen MR) is 138 cm³/mol. The molecule has 2 saturated heterocycles. The van der Waals surface area contributed by atoms with E-state index in [4.69, 9.17) is 4.98 Å². The van der Waals surface area contributed by atoms with E-state index in [-0.39, 0.29) is 24.2 Å². The SMILES string of the molecule is Cc1cc(Nc2ccc(NC(=O)C3CC(=O)N(c4ccccc4)C3)cc2)nc(N2CCCCC2)n1. The molecule has 2 N–H and O–H groups in total. The summed E-state index contributed by atoms with van der Waals surface area (Å²) in [6.07, 6.45) is 3.82. The van der Waals surface area contributed by atoms with E-state index in [0.29, 0.717) is 12.2 Å². The molecule has 8 heteroatoms. The van der Waals surface area contributed by atoms with E-state index >= 15 is 0 Å². The summed E-state index contributed by atoms with van der Waals surface area (Å²) in [6, 6.07) is 18.9. The fourth-order valence-electron chi connectivity index (χ4n) is 4.62. The topological polar surface area (TPSA) is 90.5 Å². The summed E-state index contributed by atoms with van der Waals surface area (Å²) in [5.74, 6) is 0.972. The summed E-state index contributed by atoms with van der Waals surface area (Å²) in [4.78, 5) is 38.5. The van der Waals surface area contributed by atoms with Gasteiger partial charge in [0, 0.05) is 54.9 Å². The Kier molecular flexibility index (Phi) is 6.61. The summed E-state index contributed by atoms with van der Waals surface area (Å²) in [5, 5.41) is 6.30. The van der Waals surface area contributed by atoms with E-state index < -0.39 is 0 Å². The highest BCUT2D eigenvalue weighted by Gasteiger charge is 2.35. The molecule has 2 amide bonds. The van der Waals surface area contributed by atoms with Crippen molar-refractivity contribution in [2.45, 2.75) is 32.6 Å². The van der Waals surface area contributed by atoms with Crippen molar-refractivity contribution in [1.29, 1.82) is 0 Å². The van der Waals surface area contributed by atoms with Gasteiger partial charge in [0.05, 0.1) is 5.92 Å². The molecule has 5 rings (SSSR count). The highest BCUT2D eigenvalue weighted by atomic mass is 16.2. The van der Waals surface area contributed by atoms with Gasteiger partial charge in [0.15, 0.2) is 0 Å². The van der Waals surface area contributed by atoms with E-state index in [1.165, 1.54) is 19.3 Å². The third-order valence-electron chi connectivity index (χ3n) is 6.47. The lowest BCUT2D eigenvalue weighted by Gasteiger charge is -2.27. The molecular weight excluding hydrogens is 440 g/mol. The third kappa shape index (κ3) is 5.42. The van der Waals surface area contributed by atoms with E-state index in [1.54, 1.807) is 4.90 Å². The fourth-order valence-corrected chi connectivity index (χ4v) is 4.62. The molecule has 2 fully saturated rings. The summed E-state index contributed by atoms with van der Waals surface area (Å²) >= 11 is 0. The van der Waals surface area contributed by atoms with Gasteiger partial charge in [-0.2, -0.15) is 4.98 Å². The van der Waals surface area contributed by atoms with Crippen LogP contribution in [0.1, 0.15) is 31.4 Å². The van der Waals surface area contributed by atoms with Crippen LogP contribution in [0.2, 0.25) is 0 Å². The number of benzene rings is 2. The predicted octanol–water partition coefficient (Wildman–Crippen LogP) is 4.51. The summed E-state index contributed by atoms with van der Waals surface area (Å²) in [5.41, 5.74) is 3.31. The lowest BCUT2D eigenvalue weighted by atomic mass is 10.1. The Morgan fingerprint density at radius 1 is 0.943 bits per heavy atom. The Morgan fingerprint density at radius 2 is 1.66 bits per heavy atom.